The molecule has 0 saturated heterocycles. The molecule has 0 atom stereocenters. The van der Waals surface area contributed by atoms with Crippen LogP contribution in [0.3, 0.4) is 0 Å². The molecule has 0 saturated carbocycles. The van der Waals surface area contributed by atoms with E-state index in [2.05, 4.69) is 54.6 Å². The van der Waals surface area contributed by atoms with E-state index in [0.717, 1.165) is 50.1 Å². The van der Waals surface area contributed by atoms with Crippen molar-refractivity contribution in [3.63, 3.8) is 0 Å². The first-order chi connectivity index (χ1) is 27.7. The lowest BCUT2D eigenvalue weighted by Gasteiger charge is -2.11. The lowest BCUT2D eigenvalue weighted by Crippen LogP contribution is -2.01. The molecule has 7 nitrogen and oxygen atoms in total. The Morgan fingerprint density at radius 1 is 0.268 bits per heavy atom. The van der Waals surface area contributed by atoms with Crippen LogP contribution in [0.15, 0.2) is 188 Å². The van der Waals surface area contributed by atoms with E-state index in [1.807, 2.05) is 133 Å². The van der Waals surface area contributed by atoms with Crippen LogP contribution in [0.4, 0.5) is 0 Å². The minimum atomic E-state index is 0.436. The highest BCUT2D eigenvalue weighted by Gasteiger charge is 2.16. The van der Waals surface area contributed by atoms with Crippen LogP contribution in [-0.2, 0) is 0 Å². The summed E-state index contributed by atoms with van der Waals surface area (Å²) in [5, 5.41) is 9.95. The predicted molar refractivity (Wildman–Crippen MR) is 221 cm³/mol. The summed E-state index contributed by atoms with van der Waals surface area (Å²) in [6.07, 6.45) is 0. The molecular formula is C49H31N7. The van der Waals surface area contributed by atoms with Gasteiger partial charge in [-0.3, -0.25) is 0 Å². The van der Waals surface area contributed by atoms with E-state index in [-0.39, 0.29) is 0 Å². The molecule has 0 spiro atoms. The fourth-order valence-electron chi connectivity index (χ4n) is 6.56. The molecule has 0 amide bonds. The summed E-state index contributed by atoms with van der Waals surface area (Å²) in [6, 6.07) is 64.4. The molecule has 0 radical (unpaired) electrons. The van der Waals surface area contributed by atoms with E-state index in [0.29, 0.717) is 46.1 Å². The predicted octanol–water partition coefficient (Wildman–Crippen LogP) is 11.3. The van der Waals surface area contributed by atoms with Crippen molar-refractivity contribution in [3.8, 4) is 96.7 Å². The molecule has 7 heteroatoms. The molecule has 0 N–H and O–H groups in total. The zero-order valence-electron chi connectivity index (χ0n) is 30.0. The molecule has 0 aliphatic carbocycles. The van der Waals surface area contributed by atoms with Crippen LogP contribution >= 0.6 is 0 Å². The van der Waals surface area contributed by atoms with Gasteiger partial charge in [-0.25, -0.2) is 29.9 Å². The average Bonchev–Trinajstić information content (AvgIpc) is 3.29. The van der Waals surface area contributed by atoms with Crippen LogP contribution in [0.2, 0.25) is 0 Å². The van der Waals surface area contributed by atoms with E-state index >= 15 is 0 Å². The number of rotatable bonds is 8. The van der Waals surface area contributed by atoms with Gasteiger partial charge in [0.05, 0.1) is 11.6 Å². The van der Waals surface area contributed by atoms with Gasteiger partial charge >= 0.3 is 0 Å². The van der Waals surface area contributed by atoms with Gasteiger partial charge in [-0.2, -0.15) is 5.26 Å². The van der Waals surface area contributed by atoms with Gasteiger partial charge in [0.2, 0.25) is 0 Å². The summed E-state index contributed by atoms with van der Waals surface area (Å²) in [5.74, 6) is 3.30. The number of aromatic nitrogens is 6. The molecule has 2 heterocycles. The van der Waals surface area contributed by atoms with Crippen molar-refractivity contribution in [3.05, 3.63) is 194 Å². The summed E-state index contributed by atoms with van der Waals surface area (Å²) in [5.41, 5.74) is 9.77. The largest absolute Gasteiger partial charge is 0.208 e. The summed E-state index contributed by atoms with van der Waals surface area (Å²) in [6.45, 7) is 0. The van der Waals surface area contributed by atoms with Gasteiger partial charge in [-0.1, -0.05) is 170 Å². The Hall–Kier alpha value is -7.95. The normalized spacial score (nSPS) is 10.8. The van der Waals surface area contributed by atoms with E-state index in [1.54, 1.807) is 6.07 Å². The topological polar surface area (TPSA) is 101 Å². The maximum Gasteiger partial charge on any atom is 0.165 e. The van der Waals surface area contributed by atoms with Gasteiger partial charge in [0, 0.05) is 33.4 Å². The molecule has 0 fully saturated rings. The van der Waals surface area contributed by atoms with E-state index in [4.69, 9.17) is 29.9 Å². The van der Waals surface area contributed by atoms with Gasteiger partial charge in [-0.05, 0) is 40.5 Å². The summed E-state index contributed by atoms with van der Waals surface area (Å²) in [7, 11) is 0. The Balaban J connectivity index is 1.08. The second kappa shape index (κ2) is 15.2. The van der Waals surface area contributed by atoms with Crippen molar-refractivity contribution in [2.45, 2.75) is 0 Å². The number of nitrogens with zero attached hydrogens (tertiary/aromatic N) is 7. The van der Waals surface area contributed by atoms with Gasteiger partial charge in [0.1, 0.15) is 0 Å². The molecule has 9 aromatic rings. The molecule has 0 aliphatic rings. The van der Waals surface area contributed by atoms with Crippen LogP contribution in [0, 0.1) is 11.3 Å². The van der Waals surface area contributed by atoms with Crippen LogP contribution in [-0.4, -0.2) is 29.9 Å². The third kappa shape index (κ3) is 7.06. The summed E-state index contributed by atoms with van der Waals surface area (Å²) < 4.78 is 0. The molecule has 7 aromatic carbocycles. The van der Waals surface area contributed by atoms with Crippen molar-refractivity contribution in [1.82, 2.24) is 29.9 Å². The van der Waals surface area contributed by atoms with Crippen molar-refractivity contribution in [1.29, 1.82) is 5.26 Å². The fraction of sp³-hybridized carbons (Fsp3) is 0. The maximum atomic E-state index is 9.95. The minimum absolute atomic E-state index is 0.436. The van der Waals surface area contributed by atoms with Crippen LogP contribution in [0.25, 0.3) is 90.6 Å². The zero-order valence-corrected chi connectivity index (χ0v) is 30.0. The first kappa shape index (κ1) is 33.9. The highest BCUT2D eigenvalue weighted by Crippen LogP contribution is 2.32. The van der Waals surface area contributed by atoms with Crippen LogP contribution in [0.1, 0.15) is 5.56 Å². The zero-order chi connectivity index (χ0) is 37.7. The quantitative estimate of drug-likeness (QED) is 0.154. The second-order valence-electron chi connectivity index (χ2n) is 13.1. The summed E-state index contributed by atoms with van der Waals surface area (Å²) >= 11 is 0. The Bertz CT molecular complexity index is 2780. The number of hydrogen-bond acceptors (Lipinski definition) is 7. The first-order valence-electron chi connectivity index (χ1n) is 18.2. The lowest BCUT2D eigenvalue weighted by atomic mass is 10.0. The van der Waals surface area contributed by atoms with Crippen molar-refractivity contribution < 1.29 is 0 Å². The van der Waals surface area contributed by atoms with E-state index in [9.17, 15) is 5.26 Å². The highest BCUT2D eigenvalue weighted by atomic mass is 15.0. The van der Waals surface area contributed by atoms with Crippen molar-refractivity contribution >= 4 is 0 Å². The Morgan fingerprint density at radius 3 is 1.09 bits per heavy atom. The minimum Gasteiger partial charge on any atom is -0.208 e. The highest BCUT2D eigenvalue weighted by molar-refractivity contribution is 5.76. The molecule has 2 aromatic heterocycles. The average molecular weight is 718 g/mol. The van der Waals surface area contributed by atoms with Gasteiger partial charge in [-0.15, -0.1) is 0 Å². The van der Waals surface area contributed by atoms with E-state index < -0.39 is 0 Å². The lowest BCUT2D eigenvalue weighted by molar-refractivity contribution is 1.07. The van der Waals surface area contributed by atoms with Crippen LogP contribution in [0.5, 0.6) is 0 Å². The van der Waals surface area contributed by atoms with E-state index in [1.165, 1.54) is 0 Å². The fourth-order valence-corrected chi connectivity index (χ4v) is 6.56. The number of nitriles is 1. The first-order valence-corrected chi connectivity index (χ1v) is 18.2. The molecule has 0 aliphatic heterocycles. The Kier molecular flexibility index (Phi) is 9.18. The molecule has 56 heavy (non-hydrogen) atoms. The number of hydrogen-bond donors (Lipinski definition) is 0. The number of benzene rings is 7. The van der Waals surface area contributed by atoms with Gasteiger partial charge < -0.3 is 0 Å². The smallest absolute Gasteiger partial charge is 0.165 e. The Morgan fingerprint density at radius 2 is 0.589 bits per heavy atom. The van der Waals surface area contributed by atoms with Crippen LogP contribution < -0.4 is 0 Å². The van der Waals surface area contributed by atoms with Crippen molar-refractivity contribution in [2.24, 2.45) is 0 Å². The van der Waals surface area contributed by atoms with Crippen molar-refractivity contribution in [2.75, 3.05) is 0 Å². The monoisotopic (exact) mass is 717 g/mol. The summed E-state index contributed by atoms with van der Waals surface area (Å²) in [4.78, 5) is 29.4. The molecule has 262 valence electrons. The maximum absolute atomic E-state index is 9.95. The third-order valence-corrected chi connectivity index (χ3v) is 9.47. The Labute approximate surface area is 324 Å². The molecular weight excluding hydrogens is 687 g/mol. The molecule has 0 bridgehead atoms. The standard InChI is InChI=1S/C49H31N7/c50-32-42-19-10-11-22-43(42)49-55-47(39-27-23-34(24-28-39)33-13-4-1-5-14-33)54-48(56-49)41-21-12-20-40(31-41)35-25-29-38(30-26-35)46-52-44(36-15-6-2-7-16-36)51-45(53-46)37-17-8-3-9-18-37/h1-31H. The van der Waals surface area contributed by atoms with Gasteiger partial charge in [0.15, 0.2) is 34.9 Å². The van der Waals surface area contributed by atoms with Gasteiger partial charge in [0.25, 0.3) is 0 Å². The molecule has 9 rings (SSSR count). The molecule has 0 unspecified atom stereocenters. The third-order valence-electron chi connectivity index (χ3n) is 9.47. The SMILES string of the molecule is N#Cc1ccccc1-c1nc(-c2ccc(-c3ccccc3)cc2)nc(-c2cccc(-c3ccc(-c4nc(-c5ccccc5)nc(-c5ccccc5)n4)cc3)c2)n1. The second-order valence-corrected chi connectivity index (χ2v) is 13.1.